The summed E-state index contributed by atoms with van der Waals surface area (Å²) in [6.45, 7) is 4.91. The molecule has 3 N–H and O–H groups in total. The molecular formula is C14H21N3O2. The van der Waals surface area contributed by atoms with Gasteiger partial charge in [-0.2, -0.15) is 0 Å². The van der Waals surface area contributed by atoms with Gasteiger partial charge in [-0.1, -0.05) is 6.07 Å². The van der Waals surface area contributed by atoms with Gasteiger partial charge in [0.05, 0.1) is 5.69 Å². The van der Waals surface area contributed by atoms with Crippen LogP contribution in [-0.2, 0) is 11.3 Å². The minimum Gasteiger partial charge on any atom is -0.479 e. The van der Waals surface area contributed by atoms with Crippen LogP contribution in [0.2, 0.25) is 0 Å². The standard InChI is InChI=1S/C14H21N3O2/c1-9(15)8-17-12-6-11(7-16-3)4-5-13(12)19-10(2)14(17)18/h4-6,9-10,16H,7-8,15H2,1-3H3. The predicted molar refractivity (Wildman–Crippen MR) is 75.3 cm³/mol. The van der Waals surface area contributed by atoms with Gasteiger partial charge >= 0.3 is 0 Å². The number of anilines is 1. The number of fused-ring (bicyclic) bond motifs is 1. The first-order valence-corrected chi connectivity index (χ1v) is 6.54. The molecule has 1 aliphatic rings. The Morgan fingerprint density at radius 2 is 2.26 bits per heavy atom. The molecular weight excluding hydrogens is 242 g/mol. The molecule has 104 valence electrons. The van der Waals surface area contributed by atoms with Crippen LogP contribution in [0.15, 0.2) is 18.2 Å². The zero-order chi connectivity index (χ0) is 14.0. The highest BCUT2D eigenvalue weighted by atomic mass is 16.5. The van der Waals surface area contributed by atoms with Crippen LogP contribution in [0.4, 0.5) is 5.69 Å². The molecule has 0 spiro atoms. The normalized spacial score (nSPS) is 19.9. The third-order valence-corrected chi connectivity index (χ3v) is 3.08. The van der Waals surface area contributed by atoms with Crippen molar-refractivity contribution in [3.63, 3.8) is 0 Å². The highest BCUT2D eigenvalue weighted by molar-refractivity contribution is 6.00. The number of benzene rings is 1. The maximum absolute atomic E-state index is 12.2. The monoisotopic (exact) mass is 263 g/mol. The summed E-state index contributed by atoms with van der Waals surface area (Å²) in [7, 11) is 1.89. The van der Waals surface area contributed by atoms with Gasteiger partial charge in [-0.3, -0.25) is 4.79 Å². The van der Waals surface area contributed by atoms with Crippen LogP contribution in [-0.4, -0.2) is 31.6 Å². The number of amides is 1. The van der Waals surface area contributed by atoms with Crippen molar-refractivity contribution in [2.24, 2.45) is 5.73 Å². The van der Waals surface area contributed by atoms with Crippen molar-refractivity contribution in [3.8, 4) is 5.75 Å². The van der Waals surface area contributed by atoms with Crippen molar-refractivity contribution in [2.75, 3.05) is 18.5 Å². The largest absolute Gasteiger partial charge is 0.479 e. The van der Waals surface area contributed by atoms with Crippen LogP contribution in [0.1, 0.15) is 19.4 Å². The molecule has 0 aromatic heterocycles. The van der Waals surface area contributed by atoms with Gasteiger partial charge in [0.25, 0.3) is 5.91 Å². The number of rotatable bonds is 4. The molecule has 5 nitrogen and oxygen atoms in total. The van der Waals surface area contributed by atoms with Gasteiger partial charge in [0.1, 0.15) is 5.75 Å². The average Bonchev–Trinajstić information content (AvgIpc) is 2.36. The van der Waals surface area contributed by atoms with Crippen molar-refractivity contribution in [2.45, 2.75) is 32.5 Å². The van der Waals surface area contributed by atoms with Crippen LogP contribution in [0.25, 0.3) is 0 Å². The zero-order valence-corrected chi connectivity index (χ0v) is 11.6. The average molecular weight is 263 g/mol. The topological polar surface area (TPSA) is 67.6 Å². The summed E-state index contributed by atoms with van der Waals surface area (Å²) in [5.41, 5.74) is 7.76. The minimum absolute atomic E-state index is 0.0357. The molecule has 0 saturated heterocycles. The molecule has 2 unspecified atom stereocenters. The molecule has 1 amide bonds. The molecule has 0 saturated carbocycles. The van der Waals surface area contributed by atoms with Gasteiger partial charge in [-0.05, 0) is 38.6 Å². The van der Waals surface area contributed by atoms with E-state index < -0.39 is 6.10 Å². The molecule has 0 radical (unpaired) electrons. The van der Waals surface area contributed by atoms with Gasteiger partial charge < -0.3 is 20.7 Å². The van der Waals surface area contributed by atoms with Crippen molar-refractivity contribution >= 4 is 11.6 Å². The Kier molecular flexibility index (Phi) is 4.07. The summed E-state index contributed by atoms with van der Waals surface area (Å²) in [4.78, 5) is 14.0. The number of carbonyl (C=O) groups excluding carboxylic acids is 1. The first-order chi connectivity index (χ1) is 9.02. The van der Waals surface area contributed by atoms with Crippen LogP contribution in [0, 0.1) is 0 Å². The molecule has 0 aliphatic carbocycles. The Morgan fingerprint density at radius 3 is 2.89 bits per heavy atom. The van der Waals surface area contributed by atoms with Crippen LogP contribution in [0.5, 0.6) is 5.75 Å². The Hall–Kier alpha value is -1.59. The number of nitrogens with one attached hydrogen (secondary N) is 1. The van der Waals surface area contributed by atoms with E-state index in [1.54, 1.807) is 11.8 Å². The molecule has 1 aromatic carbocycles. The van der Waals surface area contributed by atoms with Gasteiger partial charge in [0.2, 0.25) is 0 Å². The zero-order valence-electron chi connectivity index (χ0n) is 11.6. The second-order valence-corrected chi connectivity index (χ2v) is 5.02. The van der Waals surface area contributed by atoms with Crippen molar-refractivity contribution < 1.29 is 9.53 Å². The van der Waals surface area contributed by atoms with E-state index in [2.05, 4.69) is 5.32 Å². The van der Waals surface area contributed by atoms with Gasteiger partial charge in [0.15, 0.2) is 6.10 Å². The third-order valence-electron chi connectivity index (χ3n) is 3.08. The molecule has 19 heavy (non-hydrogen) atoms. The summed E-state index contributed by atoms with van der Waals surface area (Å²) < 4.78 is 5.64. The van der Waals surface area contributed by atoms with Crippen LogP contribution >= 0.6 is 0 Å². The van der Waals surface area contributed by atoms with Crippen LogP contribution in [0.3, 0.4) is 0 Å². The fraction of sp³-hybridized carbons (Fsp3) is 0.500. The lowest BCUT2D eigenvalue weighted by Gasteiger charge is -2.34. The lowest BCUT2D eigenvalue weighted by molar-refractivity contribution is -0.125. The van der Waals surface area contributed by atoms with Crippen molar-refractivity contribution in [3.05, 3.63) is 23.8 Å². The molecule has 2 atom stereocenters. The van der Waals surface area contributed by atoms with E-state index in [0.29, 0.717) is 6.54 Å². The smallest absolute Gasteiger partial charge is 0.267 e. The second kappa shape index (κ2) is 5.59. The number of hydrogen-bond acceptors (Lipinski definition) is 4. The molecule has 0 fully saturated rings. The van der Waals surface area contributed by atoms with Crippen molar-refractivity contribution in [1.82, 2.24) is 5.32 Å². The molecule has 2 rings (SSSR count). The van der Waals surface area contributed by atoms with E-state index in [9.17, 15) is 4.79 Å². The quantitative estimate of drug-likeness (QED) is 0.845. The molecule has 0 bridgehead atoms. The Bertz CT molecular complexity index is 474. The van der Waals surface area contributed by atoms with E-state index in [4.69, 9.17) is 10.5 Å². The fourth-order valence-corrected chi connectivity index (χ4v) is 2.24. The highest BCUT2D eigenvalue weighted by Crippen LogP contribution is 2.34. The van der Waals surface area contributed by atoms with Gasteiger partial charge in [0, 0.05) is 19.1 Å². The molecule has 1 heterocycles. The summed E-state index contributed by atoms with van der Waals surface area (Å²) in [5.74, 6) is 0.707. The molecule has 1 aromatic rings. The number of nitrogens with two attached hydrogens (primary N) is 1. The summed E-state index contributed by atoms with van der Waals surface area (Å²) in [5, 5.41) is 3.10. The second-order valence-electron chi connectivity index (χ2n) is 5.02. The fourth-order valence-electron chi connectivity index (χ4n) is 2.24. The van der Waals surface area contributed by atoms with E-state index >= 15 is 0 Å². The Balaban J connectivity index is 2.38. The summed E-state index contributed by atoms with van der Waals surface area (Å²) in [6.07, 6.45) is -0.457. The van der Waals surface area contributed by atoms with E-state index in [-0.39, 0.29) is 11.9 Å². The van der Waals surface area contributed by atoms with E-state index in [0.717, 1.165) is 23.5 Å². The molecule has 5 heteroatoms. The van der Waals surface area contributed by atoms with Crippen molar-refractivity contribution in [1.29, 1.82) is 0 Å². The summed E-state index contributed by atoms with van der Waals surface area (Å²) >= 11 is 0. The van der Waals surface area contributed by atoms with Gasteiger partial charge in [-0.15, -0.1) is 0 Å². The highest BCUT2D eigenvalue weighted by Gasteiger charge is 2.31. The Labute approximate surface area is 113 Å². The lowest BCUT2D eigenvalue weighted by atomic mass is 10.1. The first kappa shape index (κ1) is 13.8. The third kappa shape index (κ3) is 2.88. The first-order valence-electron chi connectivity index (χ1n) is 6.54. The maximum Gasteiger partial charge on any atom is 0.267 e. The van der Waals surface area contributed by atoms with Crippen LogP contribution < -0.4 is 20.7 Å². The van der Waals surface area contributed by atoms with E-state index in [1.807, 2.05) is 32.2 Å². The van der Waals surface area contributed by atoms with E-state index in [1.165, 1.54) is 0 Å². The lowest BCUT2D eigenvalue weighted by Crippen LogP contribution is -2.48. The minimum atomic E-state index is -0.457. The number of ether oxygens (including phenoxy) is 1. The maximum atomic E-state index is 12.2. The number of nitrogens with zero attached hydrogens (tertiary/aromatic N) is 1. The molecule has 1 aliphatic heterocycles. The summed E-state index contributed by atoms with van der Waals surface area (Å²) in [6, 6.07) is 5.83. The number of carbonyl (C=O) groups is 1. The SMILES string of the molecule is CNCc1ccc2c(c1)N(CC(C)N)C(=O)C(C)O2. The predicted octanol–water partition coefficient (Wildman–Crippen LogP) is 0.867. The van der Waals surface area contributed by atoms with Gasteiger partial charge in [-0.25, -0.2) is 0 Å². The Morgan fingerprint density at radius 1 is 1.53 bits per heavy atom. The number of hydrogen-bond donors (Lipinski definition) is 2.